The summed E-state index contributed by atoms with van der Waals surface area (Å²) < 4.78 is 4.80. The quantitative estimate of drug-likeness (QED) is 0.636. The Morgan fingerprint density at radius 2 is 2.35 bits per heavy atom. The summed E-state index contributed by atoms with van der Waals surface area (Å²) in [7, 11) is 1.38. The Balaban J connectivity index is 2.10. The maximum absolute atomic E-state index is 11.8. The Hall–Kier alpha value is -1.75. The van der Waals surface area contributed by atoms with Crippen molar-refractivity contribution in [1.29, 1.82) is 0 Å². The highest BCUT2D eigenvalue weighted by molar-refractivity contribution is 5.98. The molecule has 1 fully saturated rings. The highest BCUT2D eigenvalue weighted by Gasteiger charge is 2.23. The molecule has 0 saturated carbocycles. The van der Waals surface area contributed by atoms with Gasteiger partial charge in [0.15, 0.2) is 0 Å². The number of anilines is 2. The van der Waals surface area contributed by atoms with Crippen LogP contribution in [0.5, 0.6) is 0 Å². The minimum absolute atomic E-state index is 0.362. The fraction of sp³-hybridized carbons (Fsp3) is 0.533. The monoisotopic (exact) mass is 277 g/mol. The zero-order chi connectivity index (χ0) is 14.5. The molecule has 5 nitrogen and oxygen atoms in total. The second-order valence-electron chi connectivity index (χ2n) is 5.07. The first-order valence-electron chi connectivity index (χ1n) is 7.12. The summed E-state index contributed by atoms with van der Waals surface area (Å²) in [5, 5.41) is 3.34. The van der Waals surface area contributed by atoms with E-state index < -0.39 is 0 Å². The van der Waals surface area contributed by atoms with Crippen molar-refractivity contribution in [2.75, 3.05) is 37.8 Å². The van der Waals surface area contributed by atoms with E-state index in [1.165, 1.54) is 20.0 Å². The standard InChI is InChI=1S/C15H23N3O2/c1-3-18-9-5-6-11(18)10-17-14-12(15(19)20-2)7-4-8-13(14)16/h4,7-8,11,17H,3,5-6,9-10,16H2,1-2H3. The van der Waals surface area contributed by atoms with Crippen LogP contribution in [0.3, 0.4) is 0 Å². The van der Waals surface area contributed by atoms with Gasteiger partial charge in [0.1, 0.15) is 0 Å². The van der Waals surface area contributed by atoms with Crippen LogP contribution in [-0.4, -0.2) is 43.7 Å². The number of likely N-dealkylation sites (N-methyl/N-ethyl adjacent to an activating group) is 1. The Morgan fingerprint density at radius 3 is 3.05 bits per heavy atom. The largest absolute Gasteiger partial charge is 0.465 e. The van der Waals surface area contributed by atoms with Gasteiger partial charge in [0.2, 0.25) is 0 Å². The third-order valence-corrected chi connectivity index (χ3v) is 3.92. The summed E-state index contributed by atoms with van der Waals surface area (Å²) >= 11 is 0. The van der Waals surface area contributed by atoms with E-state index >= 15 is 0 Å². The average molecular weight is 277 g/mol. The van der Waals surface area contributed by atoms with E-state index in [-0.39, 0.29) is 5.97 Å². The van der Waals surface area contributed by atoms with Crippen LogP contribution in [0.2, 0.25) is 0 Å². The van der Waals surface area contributed by atoms with Crippen LogP contribution in [0.4, 0.5) is 11.4 Å². The zero-order valence-corrected chi connectivity index (χ0v) is 12.2. The number of carbonyl (C=O) groups is 1. The molecule has 1 aromatic rings. The molecule has 0 bridgehead atoms. The Bertz CT molecular complexity index is 476. The van der Waals surface area contributed by atoms with Crippen LogP contribution in [0.1, 0.15) is 30.1 Å². The van der Waals surface area contributed by atoms with Crippen molar-refractivity contribution in [1.82, 2.24) is 4.90 Å². The van der Waals surface area contributed by atoms with Crippen LogP contribution >= 0.6 is 0 Å². The van der Waals surface area contributed by atoms with Crippen molar-refractivity contribution < 1.29 is 9.53 Å². The lowest BCUT2D eigenvalue weighted by Crippen LogP contribution is -2.35. The molecule has 0 amide bonds. The lowest BCUT2D eigenvalue weighted by Gasteiger charge is -2.24. The van der Waals surface area contributed by atoms with Crippen LogP contribution < -0.4 is 11.1 Å². The number of methoxy groups -OCH3 is 1. The number of nitrogens with one attached hydrogen (secondary N) is 1. The van der Waals surface area contributed by atoms with Gasteiger partial charge in [-0.05, 0) is 38.1 Å². The van der Waals surface area contributed by atoms with Crippen LogP contribution in [0, 0.1) is 0 Å². The van der Waals surface area contributed by atoms with Gasteiger partial charge in [0, 0.05) is 12.6 Å². The van der Waals surface area contributed by atoms with Crippen molar-refractivity contribution in [3.05, 3.63) is 23.8 Å². The molecule has 5 heteroatoms. The number of esters is 1. The smallest absolute Gasteiger partial charge is 0.340 e. The molecule has 1 aliphatic rings. The molecule has 1 heterocycles. The molecule has 0 radical (unpaired) electrons. The van der Waals surface area contributed by atoms with E-state index in [1.54, 1.807) is 18.2 Å². The molecule has 20 heavy (non-hydrogen) atoms. The van der Waals surface area contributed by atoms with E-state index in [0.29, 0.717) is 23.0 Å². The second-order valence-corrected chi connectivity index (χ2v) is 5.07. The van der Waals surface area contributed by atoms with Gasteiger partial charge in [-0.1, -0.05) is 13.0 Å². The van der Waals surface area contributed by atoms with Crippen molar-refractivity contribution in [2.45, 2.75) is 25.8 Å². The number of para-hydroxylation sites is 1. The number of benzene rings is 1. The molecule has 1 aliphatic heterocycles. The SMILES string of the molecule is CCN1CCCC1CNc1c(N)cccc1C(=O)OC. The number of carbonyl (C=O) groups excluding carboxylic acids is 1. The number of likely N-dealkylation sites (tertiary alicyclic amines) is 1. The number of hydrogen-bond acceptors (Lipinski definition) is 5. The second kappa shape index (κ2) is 6.61. The average Bonchev–Trinajstić information content (AvgIpc) is 2.92. The summed E-state index contributed by atoms with van der Waals surface area (Å²) in [5.74, 6) is -0.362. The first kappa shape index (κ1) is 14.7. The van der Waals surface area contributed by atoms with E-state index in [4.69, 9.17) is 10.5 Å². The number of nitrogens with zero attached hydrogens (tertiary/aromatic N) is 1. The van der Waals surface area contributed by atoms with Gasteiger partial charge in [-0.15, -0.1) is 0 Å². The highest BCUT2D eigenvalue weighted by atomic mass is 16.5. The molecule has 0 spiro atoms. The minimum Gasteiger partial charge on any atom is -0.465 e. The van der Waals surface area contributed by atoms with Crippen LogP contribution in [0.25, 0.3) is 0 Å². The Kier molecular flexibility index (Phi) is 4.84. The molecule has 3 N–H and O–H groups in total. The highest BCUT2D eigenvalue weighted by Crippen LogP contribution is 2.25. The van der Waals surface area contributed by atoms with E-state index in [2.05, 4.69) is 17.1 Å². The molecule has 1 aromatic carbocycles. The van der Waals surface area contributed by atoms with Gasteiger partial charge in [-0.3, -0.25) is 4.90 Å². The minimum atomic E-state index is -0.362. The maximum atomic E-state index is 11.8. The fourth-order valence-corrected chi connectivity index (χ4v) is 2.81. The fourth-order valence-electron chi connectivity index (χ4n) is 2.81. The van der Waals surface area contributed by atoms with Gasteiger partial charge >= 0.3 is 5.97 Å². The molecule has 1 atom stereocenters. The molecule has 1 unspecified atom stereocenters. The topological polar surface area (TPSA) is 67.6 Å². The zero-order valence-electron chi connectivity index (χ0n) is 12.2. The Labute approximate surface area is 120 Å². The molecule has 0 aromatic heterocycles. The number of nitrogen functional groups attached to an aromatic ring is 1. The summed E-state index contributed by atoms with van der Waals surface area (Å²) in [4.78, 5) is 14.2. The first-order valence-corrected chi connectivity index (χ1v) is 7.12. The lowest BCUT2D eigenvalue weighted by molar-refractivity contribution is 0.0602. The summed E-state index contributed by atoms with van der Waals surface area (Å²) in [6, 6.07) is 5.79. The van der Waals surface area contributed by atoms with Gasteiger partial charge in [-0.25, -0.2) is 4.79 Å². The molecule has 110 valence electrons. The predicted molar refractivity (Wildman–Crippen MR) is 81.0 cm³/mol. The van der Waals surface area contributed by atoms with Gasteiger partial charge in [0.25, 0.3) is 0 Å². The van der Waals surface area contributed by atoms with E-state index in [1.807, 2.05) is 0 Å². The van der Waals surface area contributed by atoms with Crippen molar-refractivity contribution in [3.8, 4) is 0 Å². The third-order valence-electron chi connectivity index (χ3n) is 3.92. The Morgan fingerprint density at radius 1 is 1.55 bits per heavy atom. The third kappa shape index (κ3) is 3.04. The van der Waals surface area contributed by atoms with E-state index in [0.717, 1.165) is 19.6 Å². The molecule has 2 rings (SSSR count). The maximum Gasteiger partial charge on any atom is 0.340 e. The van der Waals surface area contributed by atoms with Gasteiger partial charge < -0.3 is 15.8 Å². The van der Waals surface area contributed by atoms with Crippen molar-refractivity contribution in [3.63, 3.8) is 0 Å². The summed E-state index contributed by atoms with van der Waals surface area (Å²) in [6.45, 7) is 5.18. The van der Waals surface area contributed by atoms with Crippen LogP contribution in [0.15, 0.2) is 18.2 Å². The normalized spacial score (nSPS) is 19.0. The molecular weight excluding hydrogens is 254 g/mol. The van der Waals surface area contributed by atoms with Gasteiger partial charge in [0.05, 0.1) is 24.0 Å². The van der Waals surface area contributed by atoms with Gasteiger partial charge in [-0.2, -0.15) is 0 Å². The first-order chi connectivity index (χ1) is 9.67. The summed E-state index contributed by atoms with van der Waals surface area (Å²) in [5.41, 5.74) is 7.74. The van der Waals surface area contributed by atoms with Crippen LogP contribution in [-0.2, 0) is 4.74 Å². The number of ether oxygens (including phenoxy) is 1. The number of rotatable bonds is 5. The van der Waals surface area contributed by atoms with Crippen molar-refractivity contribution >= 4 is 17.3 Å². The number of nitrogens with two attached hydrogens (primary N) is 1. The molecular formula is C15H23N3O2. The van der Waals surface area contributed by atoms with E-state index in [9.17, 15) is 4.79 Å². The molecule has 0 aliphatic carbocycles. The molecule has 1 saturated heterocycles. The van der Waals surface area contributed by atoms with Crippen molar-refractivity contribution in [2.24, 2.45) is 0 Å². The lowest BCUT2D eigenvalue weighted by atomic mass is 10.1. The number of hydrogen-bond donors (Lipinski definition) is 2. The summed E-state index contributed by atoms with van der Waals surface area (Å²) in [6.07, 6.45) is 2.41. The predicted octanol–water partition coefficient (Wildman–Crippen LogP) is 1.95.